The maximum absolute atomic E-state index is 13.8. The molecule has 0 saturated carbocycles. The van der Waals surface area contributed by atoms with Gasteiger partial charge in [0.25, 0.3) is 0 Å². The van der Waals surface area contributed by atoms with Crippen LogP contribution in [0.2, 0.25) is 0 Å². The highest BCUT2D eigenvalue weighted by Crippen LogP contribution is 2.42. The van der Waals surface area contributed by atoms with Gasteiger partial charge in [0.05, 0.1) is 28.0 Å². The first-order chi connectivity index (χ1) is 19.3. The van der Waals surface area contributed by atoms with Crippen molar-refractivity contribution in [1.29, 1.82) is 0 Å². The molecule has 1 saturated heterocycles. The number of hydrogen-bond acceptors (Lipinski definition) is 8. The lowest BCUT2D eigenvalue weighted by molar-refractivity contribution is -0.384. The first-order valence-electron chi connectivity index (χ1n) is 13.1. The molecule has 10 nitrogen and oxygen atoms in total. The molecule has 0 N–H and O–H groups in total. The minimum Gasteiger partial charge on any atom is -0.494 e. The highest BCUT2D eigenvalue weighted by molar-refractivity contribution is 7.93. The predicted octanol–water partition coefficient (Wildman–Crippen LogP) is 6.07. The van der Waals surface area contributed by atoms with Gasteiger partial charge in [-0.25, -0.2) is 8.89 Å². The molecule has 5 rings (SSSR count). The van der Waals surface area contributed by atoms with Gasteiger partial charge in [-0.3, -0.25) is 14.9 Å². The number of nitrogens with zero attached hydrogens (tertiary/aromatic N) is 4. The summed E-state index contributed by atoms with van der Waals surface area (Å²) in [7, 11) is -1.36. The highest BCUT2D eigenvalue weighted by Gasteiger charge is 2.32. The Labute approximate surface area is 232 Å². The Morgan fingerprint density at radius 1 is 1.07 bits per heavy atom. The van der Waals surface area contributed by atoms with Crippen molar-refractivity contribution >= 4 is 37.7 Å². The van der Waals surface area contributed by atoms with E-state index in [1.54, 1.807) is 0 Å². The predicted molar refractivity (Wildman–Crippen MR) is 153 cm³/mol. The van der Waals surface area contributed by atoms with E-state index in [0.29, 0.717) is 18.1 Å². The van der Waals surface area contributed by atoms with Crippen molar-refractivity contribution in [2.24, 2.45) is 4.36 Å². The van der Waals surface area contributed by atoms with Gasteiger partial charge in [-0.05, 0) is 54.3 Å². The molecule has 1 aliphatic heterocycles. The molecule has 0 atom stereocenters. The number of ether oxygens (including phenoxy) is 2. The zero-order valence-electron chi connectivity index (χ0n) is 22.4. The van der Waals surface area contributed by atoms with Gasteiger partial charge >= 0.3 is 5.69 Å². The summed E-state index contributed by atoms with van der Waals surface area (Å²) in [5.74, 6) is 0.358. The van der Waals surface area contributed by atoms with Gasteiger partial charge in [-0.2, -0.15) is 9.46 Å². The summed E-state index contributed by atoms with van der Waals surface area (Å²) in [6, 6.07) is 16.7. The van der Waals surface area contributed by atoms with Gasteiger partial charge < -0.3 is 9.47 Å². The normalized spacial score (nSPS) is 14.6. The molecule has 11 heteroatoms. The van der Waals surface area contributed by atoms with E-state index in [4.69, 9.17) is 9.47 Å². The summed E-state index contributed by atoms with van der Waals surface area (Å²) in [6.45, 7) is 2.45. The molecule has 208 valence electrons. The van der Waals surface area contributed by atoms with E-state index in [1.165, 1.54) is 30.1 Å². The Morgan fingerprint density at radius 2 is 1.82 bits per heavy atom. The number of hydrogen-bond donors (Lipinski definition) is 0. The summed E-state index contributed by atoms with van der Waals surface area (Å²) in [4.78, 5) is 25.5. The molecule has 3 aromatic carbocycles. The maximum atomic E-state index is 13.8. The topological polar surface area (TPSA) is 126 Å². The highest BCUT2D eigenvalue weighted by atomic mass is 32.2. The molecule has 0 aliphatic carbocycles. The van der Waals surface area contributed by atoms with E-state index >= 15 is 0 Å². The van der Waals surface area contributed by atoms with Crippen LogP contribution in [-0.2, 0) is 22.9 Å². The molecule has 0 radical (unpaired) electrons. The van der Waals surface area contributed by atoms with E-state index in [2.05, 4.69) is 9.46 Å². The number of carbonyl (C=O) groups is 1. The Bertz CT molecular complexity index is 1710. The number of methoxy groups -OCH3 is 1. The van der Waals surface area contributed by atoms with E-state index in [9.17, 15) is 19.1 Å². The van der Waals surface area contributed by atoms with Crippen molar-refractivity contribution in [3.8, 4) is 11.6 Å². The van der Waals surface area contributed by atoms with Crippen LogP contribution in [0.1, 0.15) is 47.7 Å². The van der Waals surface area contributed by atoms with Gasteiger partial charge in [0.15, 0.2) is 11.4 Å². The quantitative estimate of drug-likeness (QED) is 0.138. The summed E-state index contributed by atoms with van der Waals surface area (Å²) >= 11 is 0. The molecule has 2 heterocycles. The number of carbonyl (C=O) groups excluding carboxylic acids is 1. The number of aromatic nitrogens is 2. The van der Waals surface area contributed by atoms with Crippen LogP contribution in [0.3, 0.4) is 0 Å². The third kappa shape index (κ3) is 5.42. The van der Waals surface area contributed by atoms with E-state index in [0.717, 1.165) is 35.6 Å². The van der Waals surface area contributed by atoms with Gasteiger partial charge in [-0.1, -0.05) is 42.8 Å². The zero-order chi connectivity index (χ0) is 28.3. The maximum Gasteiger partial charge on any atom is 0.310 e. The average molecular weight is 563 g/mol. The van der Waals surface area contributed by atoms with Gasteiger partial charge in [0.2, 0.25) is 11.7 Å². The van der Waals surface area contributed by atoms with Crippen LogP contribution >= 0.6 is 0 Å². The number of benzene rings is 3. The molecule has 0 unspecified atom stereocenters. The molecule has 0 amide bonds. The number of rotatable bonds is 9. The third-order valence-corrected chi connectivity index (χ3v) is 9.34. The monoisotopic (exact) mass is 562 g/mol. The van der Waals surface area contributed by atoms with E-state index < -0.39 is 26.1 Å². The van der Waals surface area contributed by atoms with Crippen molar-refractivity contribution in [2.75, 3.05) is 18.6 Å². The largest absolute Gasteiger partial charge is 0.494 e. The lowest BCUT2D eigenvalue weighted by atomic mass is 10.0. The minimum atomic E-state index is -2.71. The van der Waals surface area contributed by atoms with Crippen LogP contribution in [0.5, 0.6) is 11.6 Å². The molecule has 40 heavy (non-hydrogen) atoms. The molecular formula is C29H30N4O6S. The number of ketones is 1. The SMILES string of the molecule is CCn1ncc(C(=O)c2ccc(OC)c(N=S3(=O)CCCCC3)c2[N+](=O)[O-])c1OCc1ccc2ccccc2c1. The van der Waals surface area contributed by atoms with Crippen molar-refractivity contribution < 1.29 is 23.4 Å². The fraction of sp³-hybridized carbons (Fsp3) is 0.310. The first-order valence-corrected chi connectivity index (χ1v) is 15.0. The van der Waals surface area contributed by atoms with Crippen molar-refractivity contribution in [3.63, 3.8) is 0 Å². The first kappa shape index (κ1) is 27.3. The third-order valence-electron chi connectivity index (χ3n) is 6.97. The second-order valence-corrected chi connectivity index (χ2v) is 12.1. The molecular weight excluding hydrogens is 532 g/mol. The van der Waals surface area contributed by atoms with Crippen molar-refractivity contribution in [1.82, 2.24) is 9.78 Å². The lowest BCUT2D eigenvalue weighted by Crippen LogP contribution is -2.16. The molecule has 0 spiro atoms. The second-order valence-electron chi connectivity index (χ2n) is 9.58. The number of fused-ring (bicyclic) bond motifs is 1. The zero-order valence-corrected chi connectivity index (χ0v) is 23.2. The van der Waals surface area contributed by atoms with Crippen LogP contribution < -0.4 is 9.47 Å². The number of nitro groups is 1. The molecule has 1 aromatic heterocycles. The molecule has 1 aliphatic rings. The fourth-order valence-corrected chi connectivity index (χ4v) is 7.11. The second kappa shape index (κ2) is 11.5. The Balaban J connectivity index is 1.54. The summed E-state index contributed by atoms with van der Waals surface area (Å²) in [5.41, 5.74) is 0.0704. The summed E-state index contributed by atoms with van der Waals surface area (Å²) < 4.78 is 30.8. The Morgan fingerprint density at radius 3 is 2.52 bits per heavy atom. The van der Waals surface area contributed by atoms with Gasteiger partial charge in [0.1, 0.15) is 17.7 Å². The van der Waals surface area contributed by atoms with Crippen molar-refractivity contribution in [2.45, 2.75) is 39.3 Å². The van der Waals surface area contributed by atoms with Gasteiger partial charge in [-0.15, -0.1) is 0 Å². The fourth-order valence-electron chi connectivity index (χ4n) is 4.91. The van der Waals surface area contributed by atoms with Crippen LogP contribution in [0.15, 0.2) is 65.2 Å². The molecule has 1 fully saturated rings. The van der Waals surface area contributed by atoms with Crippen LogP contribution in [-0.4, -0.2) is 43.3 Å². The van der Waals surface area contributed by atoms with Gasteiger partial charge in [0, 0.05) is 18.1 Å². The summed E-state index contributed by atoms with van der Waals surface area (Å²) in [5, 5.41) is 18.8. The van der Waals surface area contributed by atoms with Crippen LogP contribution in [0, 0.1) is 10.1 Å². The Kier molecular flexibility index (Phi) is 7.83. The number of nitro benzene ring substituents is 1. The van der Waals surface area contributed by atoms with Crippen molar-refractivity contribution in [3.05, 3.63) is 87.6 Å². The molecule has 0 bridgehead atoms. The molecule has 4 aromatic rings. The standard InChI is InChI=1S/C29H30N4O6S/c1-3-32-29(39-19-20-11-12-21-9-5-6-10-22(21)17-20)24(18-30-32)28(34)23-13-14-25(38-2)26(27(23)33(35)36)31-40(37)15-7-4-8-16-40/h5-6,9-14,17-18H,3-4,7-8,15-16,19H2,1-2H3. The average Bonchev–Trinajstić information content (AvgIpc) is 3.38. The van der Waals surface area contributed by atoms with Crippen LogP contribution in [0.25, 0.3) is 10.8 Å². The summed E-state index contributed by atoms with van der Waals surface area (Å²) in [6.07, 6.45) is 3.75. The smallest absolute Gasteiger partial charge is 0.310 e. The van der Waals surface area contributed by atoms with E-state index in [-0.39, 0.29) is 35.1 Å². The lowest BCUT2D eigenvalue weighted by Gasteiger charge is -2.16. The van der Waals surface area contributed by atoms with E-state index in [1.807, 2.05) is 49.4 Å². The Hall–Kier alpha value is -4.25. The van der Waals surface area contributed by atoms with Crippen LogP contribution in [0.4, 0.5) is 11.4 Å². The minimum absolute atomic E-state index is 0.0868. The number of aryl methyl sites for hydroxylation is 1.